The fourth-order valence-corrected chi connectivity index (χ4v) is 2.44. The van der Waals surface area contributed by atoms with E-state index in [1.54, 1.807) is 12.1 Å². The molecular formula is C20H18FNO. The summed E-state index contributed by atoms with van der Waals surface area (Å²) in [5, 5.41) is 0. The minimum absolute atomic E-state index is 0.249. The lowest BCUT2D eigenvalue weighted by Crippen LogP contribution is -2.34. The highest BCUT2D eigenvalue weighted by Gasteiger charge is 2.13. The van der Waals surface area contributed by atoms with Crippen molar-refractivity contribution in [2.75, 3.05) is 26.3 Å². The monoisotopic (exact) mass is 307 g/mol. The quantitative estimate of drug-likeness (QED) is 0.787. The Kier molecular flexibility index (Phi) is 4.75. The van der Waals surface area contributed by atoms with Gasteiger partial charge in [0.15, 0.2) is 0 Å². The number of halogens is 1. The average Bonchev–Trinajstić information content (AvgIpc) is 2.62. The fourth-order valence-electron chi connectivity index (χ4n) is 2.44. The number of ether oxygens (including phenoxy) is 1. The lowest BCUT2D eigenvalue weighted by atomic mass is 10.1. The minimum atomic E-state index is -0.249. The Morgan fingerprint density at radius 2 is 1.43 bits per heavy atom. The van der Waals surface area contributed by atoms with Crippen LogP contribution in [0.1, 0.15) is 16.7 Å². The maximum absolute atomic E-state index is 12.9. The Bertz CT molecular complexity index is 732. The second kappa shape index (κ2) is 7.13. The van der Waals surface area contributed by atoms with Crippen molar-refractivity contribution in [2.24, 2.45) is 0 Å². The van der Waals surface area contributed by atoms with Gasteiger partial charge in [-0.25, -0.2) is 4.39 Å². The highest BCUT2D eigenvalue weighted by molar-refractivity contribution is 5.63. The Hall–Kier alpha value is -2.57. The Labute approximate surface area is 136 Å². The lowest BCUT2D eigenvalue weighted by Gasteiger charge is -2.30. The molecule has 0 saturated carbocycles. The molecule has 2 aromatic carbocycles. The lowest BCUT2D eigenvalue weighted by molar-refractivity contribution is 0.0641. The average molecular weight is 307 g/mol. The third kappa shape index (κ3) is 4.00. The van der Waals surface area contributed by atoms with E-state index in [-0.39, 0.29) is 5.82 Å². The van der Waals surface area contributed by atoms with Crippen LogP contribution < -0.4 is 0 Å². The highest BCUT2D eigenvalue weighted by Crippen LogP contribution is 2.18. The molecule has 1 fully saturated rings. The summed E-state index contributed by atoms with van der Waals surface area (Å²) in [4.78, 5) is 2.24. The molecule has 0 aromatic heterocycles. The third-order valence-corrected chi connectivity index (χ3v) is 3.81. The second-order valence-electron chi connectivity index (χ2n) is 5.38. The molecule has 1 heterocycles. The molecule has 0 atom stereocenters. The Morgan fingerprint density at radius 3 is 2.00 bits per heavy atom. The number of morpholine rings is 1. The van der Waals surface area contributed by atoms with E-state index < -0.39 is 0 Å². The third-order valence-electron chi connectivity index (χ3n) is 3.81. The number of rotatable bonds is 2. The zero-order valence-electron chi connectivity index (χ0n) is 12.9. The van der Waals surface area contributed by atoms with Gasteiger partial charge in [0, 0.05) is 29.9 Å². The Balaban J connectivity index is 1.69. The molecular weight excluding hydrogens is 289 g/mol. The number of nitrogens with zero attached hydrogens (tertiary/aromatic N) is 1. The summed E-state index contributed by atoms with van der Waals surface area (Å²) in [5.74, 6) is 5.88. The molecule has 3 heteroatoms. The zero-order chi connectivity index (χ0) is 16.1. The van der Waals surface area contributed by atoms with Crippen LogP contribution in [-0.2, 0) is 4.74 Å². The van der Waals surface area contributed by atoms with E-state index in [1.165, 1.54) is 12.1 Å². The van der Waals surface area contributed by atoms with Crippen LogP contribution in [-0.4, -0.2) is 31.2 Å². The van der Waals surface area contributed by atoms with Gasteiger partial charge in [-0.1, -0.05) is 30.6 Å². The smallest absolute Gasteiger partial charge is 0.123 e. The van der Waals surface area contributed by atoms with E-state index in [9.17, 15) is 4.39 Å². The van der Waals surface area contributed by atoms with Gasteiger partial charge in [0.05, 0.1) is 13.2 Å². The number of benzene rings is 2. The predicted molar refractivity (Wildman–Crippen MR) is 90.2 cm³/mol. The Morgan fingerprint density at radius 1 is 0.913 bits per heavy atom. The number of hydrogen-bond acceptors (Lipinski definition) is 2. The first-order valence-corrected chi connectivity index (χ1v) is 7.62. The molecule has 0 aliphatic carbocycles. The normalized spacial score (nSPS) is 14.0. The molecule has 0 radical (unpaired) electrons. The van der Waals surface area contributed by atoms with Crippen molar-refractivity contribution in [3.63, 3.8) is 0 Å². The molecule has 23 heavy (non-hydrogen) atoms. The zero-order valence-corrected chi connectivity index (χ0v) is 12.9. The largest absolute Gasteiger partial charge is 0.378 e. The van der Waals surface area contributed by atoms with Gasteiger partial charge < -0.3 is 9.64 Å². The van der Waals surface area contributed by atoms with Gasteiger partial charge in [0.2, 0.25) is 0 Å². The molecule has 2 aromatic rings. The molecule has 0 unspecified atom stereocenters. The maximum Gasteiger partial charge on any atom is 0.123 e. The fraction of sp³-hybridized carbons (Fsp3) is 0.200. The summed E-state index contributed by atoms with van der Waals surface area (Å²) >= 11 is 0. The van der Waals surface area contributed by atoms with Gasteiger partial charge in [0.25, 0.3) is 0 Å². The van der Waals surface area contributed by atoms with Crippen molar-refractivity contribution in [3.8, 4) is 11.8 Å². The van der Waals surface area contributed by atoms with E-state index >= 15 is 0 Å². The molecule has 1 saturated heterocycles. The molecule has 116 valence electrons. The molecule has 0 bridgehead atoms. The van der Waals surface area contributed by atoms with Crippen LogP contribution in [0.4, 0.5) is 4.39 Å². The van der Waals surface area contributed by atoms with Crippen molar-refractivity contribution >= 4 is 5.70 Å². The minimum Gasteiger partial charge on any atom is -0.378 e. The SMILES string of the molecule is C=C(c1ccc(C#Cc2ccc(F)cc2)cc1)N1CCOCC1. The topological polar surface area (TPSA) is 12.5 Å². The highest BCUT2D eigenvalue weighted by atomic mass is 19.1. The summed E-state index contributed by atoms with van der Waals surface area (Å²) in [6.45, 7) is 7.44. The van der Waals surface area contributed by atoms with Crippen LogP contribution in [0.15, 0.2) is 55.1 Å². The van der Waals surface area contributed by atoms with E-state index in [0.29, 0.717) is 0 Å². The molecule has 0 spiro atoms. The maximum atomic E-state index is 12.9. The molecule has 2 nitrogen and oxygen atoms in total. The first-order valence-electron chi connectivity index (χ1n) is 7.62. The molecule has 1 aliphatic heterocycles. The van der Waals surface area contributed by atoms with Gasteiger partial charge in [-0.15, -0.1) is 0 Å². The van der Waals surface area contributed by atoms with E-state index in [0.717, 1.165) is 48.7 Å². The summed E-state index contributed by atoms with van der Waals surface area (Å²) in [7, 11) is 0. The van der Waals surface area contributed by atoms with Crippen LogP contribution in [0, 0.1) is 17.7 Å². The molecule has 0 amide bonds. The summed E-state index contributed by atoms with van der Waals surface area (Å²) < 4.78 is 18.2. The predicted octanol–water partition coefficient (Wildman–Crippen LogP) is 3.53. The number of hydrogen-bond donors (Lipinski definition) is 0. The van der Waals surface area contributed by atoms with Crippen LogP contribution in [0.3, 0.4) is 0 Å². The van der Waals surface area contributed by atoms with Crippen LogP contribution >= 0.6 is 0 Å². The van der Waals surface area contributed by atoms with Gasteiger partial charge in [-0.3, -0.25) is 0 Å². The molecule has 3 rings (SSSR count). The molecule has 1 aliphatic rings. The van der Waals surface area contributed by atoms with Gasteiger partial charge in [-0.05, 0) is 42.0 Å². The van der Waals surface area contributed by atoms with Gasteiger partial charge >= 0.3 is 0 Å². The molecule has 0 N–H and O–H groups in total. The van der Waals surface area contributed by atoms with Crippen LogP contribution in [0.25, 0.3) is 5.70 Å². The van der Waals surface area contributed by atoms with Crippen molar-refractivity contribution in [1.29, 1.82) is 0 Å². The van der Waals surface area contributed by atoms with E-state index in [4.69, 9.17) is 4.74 Å². The summed E-state index contributed by atoms with van der Waals surface area (Å²) in [6.07, 6.45) is 0. The first kappa shape index (κ1) is 15.3. The van der Waals surface area contributed by atoms with Gasteiger partial charge in [0.1, 0.15) is 5.82 Å². The summed E-state index contributed by atoms with van der Waals surface area (Å²) in [6, 6.07) is 14.2. The second-order valence-corrected chi connectivity index (χ2v) is 5.38. The van der Waals surface area contributed by atoms with Crippen molar-refractivity contribution in [1.82, 2.24) is 4.90 Å². The van der Waals surface area contributed by atoms with Crippen molar-refractivity contribution < 1.29 is 9.13 Å². The van der Waals surface area contributed by atoms with Crippen LogP contribution in [0.5, 0.6) is 0 Å². The van der Waals surface area contributed by atoms with Crippen molar-refractivity contribution in [2.45, 2.75) is 0 Å². The van der Waals surface area contributed by atoms with E-state index in [1.807, 2.05) is 24.3 Å². The van der Waals surface area contributed by atoms with Gasteiger partial charge in [-0.2, -0.15) is 0 Å². The standard InChI is InChI=1S/C20H18FNO/c1-16(22-12-14-23-15-13-22)19-8-4-17(5-9-19)2-3-18-6-10-20(21)11-7-18/h4-11H,1,12-15H2. The first-order chi connectivity index (χ1) is 11.2. The van der Waals surface area contributed by atoms with E-state index in [2.05, 4.69) is 23.3 Å². The van der Waals surface area contributed by atoms with Crippen molar-refractivity contribution in [3.05, 3.63) is 77.6 Å². The van der Waals surface area contributed by atoms with Crippen LogP contribution in [0.2, 0.25) is 0 Å². The summed E-state index contributed by atoms with van der Waals surface area (Å²) in [5.41, 5.74) is 3.84.